The van der Waals surface area contributed by atoms with Crippen LogP contribution in [-0.4, -0.2) is 29.5 Å². The van der Waals surface area contributed by atoms with Crippen molar-refractivity contribution >= 4 is 33.5 Å². The molecule has 21 heavy (non-hydrogen) atoms. The Morgan fingerprint density at radius 2 is 2.33 bits per heavy atom. The first kappa shape index (κ1) is 13.8. The monoisotopic (exact) mass is 348 g/mol. The van der Waals surface area contributed by atoms with Gasteiger partial charge in [-0.1, -0.05) is 12.1 Å². The summed E-state index contributed by atoms with van der Waals surface area (Å²) in [6, 6.07) is 7.74. The van der Waals surface area contributed by atoms with Crippen molar-refractivity contribution in [1.29, 1.82) is 0 Å². The second-order valence-corrected chi connectivity index (χ2v) is 5.43. The normalized spacial score (nSPS) is 13.6. The summed E-state index contributed by atoms with van der Waals surface area (Å²) in [7, 11) is 1.63. The Bertz CT molecular complexity index is 692. The standard InChI is InChI=1S/C14H13BrN4O2/c1-21-10-4-2-3-9(5-10)7-19-8-12(20)18-13-14(19)17-11(15)6-16-13/h2-6H,7-8H2,1H3,(H,16,18,20). The molecule has 1 amide bonds. The number of carbonyl (C=O) groups excluding carboxylic acids is 1. The van der Waals surface area contributed by atoms with Crippen molar-refractivity contribution in [3.8, 4) is 5.75 Å². The summed E-state index contributed by atoms with van der Waals surface area (Å²) in [6.07, 6.45) is 1.56. The highest BCUT2D eigenvalue weighted by Crippen LogP contribution is 2.28. The van der Waals surface area contributed by atoms with Crippen molar-refractivity contribution in [1.82, 2.24) is 9.97 Å². The molecule has 0 fully saturated rings. The maximum absolute atomic E-state index is 11.8. The van der Waals surface area contributed by atoms with Gasteiger partial charge in [-0.15, -0.1) is 0 Å². The number of ether oxygens (including phenoxy) is 1. The molecule has 2 aromatic rings. The Balaban J connectivity index is 1.92. The van der Waals surface area contributed by atoms with Crippen LogP contribution in [0.4, 0.5) is 11.6 Å². The molecule has 0 saturated carbocycles. The number of nitrogens with zero attached hydrogens (tertiary/aromatic N) is 3. The molecule has 1 aromatic carbocycles. The molecule has 108 valence electrons. The van der Waals surface area contributed by atoms with Gasteiger partial charge in [0.1, 0.15) is 10.4 Å². The van der Waals surface area contributed by atoms with E-state index >= 15 is 0 Å². The number of fused-ring (bicyclic) bond motifs is 1. The molecule has 0 unspecified atom stereocenters. The minimum atomic E-state index is -0.0954. The van der Waals surface area contributed by atoms with Gasteiger partial charge in [-0.05, 0) is 33.6 Å². The molecule has 1 aromatic heterocycles. The number of methoxy groups -OCH3 is 1. The number of nitrogens with one attached hydrogen (secondary N) is 1. The fourth-order valence-corrected chi connectivity index (χ4v) is 2.48. The number of halogens is 1. The molecule has 1 N–H and O–H groups in total. The molecule has 1 aliphatic heterocycles. The largest absolute Gasteiger partial charge is 0.497 e. The van der Waals surface area contributed by atoms with Crippen LogP contribution < -0.4 is 15.0 Å². The van der Waals surface area contributed by atoms with E-state index in [4.69, 9.17) is 4.74 Å². The van der Waals surface area contributed by atoms with Gasteiger partial charge < -0.3 is 15.0 Å². The van der Waals surface area contributed by atoms with Crippen LogP contribution in [0.3, 0.4) is 0 Å². The number of anilines is 2. The highest BCUT2D eigenvalue weighted by atomic mass is 79.9. The Hall–Kier alpha value is -2.15. The van der Waals surface area contributed by atoms with E-state index in [2.05, 4.69) is 31.2 Å². The molecular formula is C14H13BrN4O2. The first-order valence-corrected chi connectivity index (χ1v) is 7.15. The minimum Gasteiger partial charge on any atom is -0.497 e. The molecule has 3 rings (SSSR count). The highest BCUT2D eigenvalue weighted by Gasteiger charge is 2.24. The lowest BCUT2D eigenvalue weighted by molar-refractivity contribution is -0.115. The van der Waals surface area contributed by atoms with E-state index in [0.717, 1.165) is 11.3 Å². The summed E-state index contributed by atoms with van der Waals surface area (Å²) in [6.45, 7) is 0.804. The van der Waals surface area contributed by atoms with Gasteiger partial charge in [0.25, 0.3) is 0 Å². The zero-order valence-electron chi connectivity index (χ0n) is 11.3. The molecule has 0 atom stereocenters. The predicted molar refractivity (Wildman–Crippen MR) is 82.4 cm³/mol. The first-order valence-electron chi connectivity index (χ1n) is 6.36. The number of rotatable bonds is 3. The summed E-state index contributed by atoms with van der Waals surface area (Å²) >= 11 is 3.31. The summed E-state index contributed by atoms with van der Waals surface area (Å²) in [5.74, 6) is 1.83. The second kappa shape index (κ2) is 5.69. The van der Waals surface area contributed by atoms with Crippen molar-refractivity contribution in [2.45, 2.75) is 6.54 Å². The van der Waals surface area contributed by atoms with Crippen LogP contribution in [-0.2, 0) is 11.3 Å². The summed E-state index contributed by atoms with van der Waals surface area (Å²) in [4.78, 5) is 22.3. The van der Waals surface area contributed by atoms with E-state index in [-0.39, 0.29) is 12.5 Å². The third-order valence-corrected chi connectivity index (χ3v) is 3.51. The van der Waals surface area contributed by atoms with Crippen molar-refractivity contribution in [2.24, 2.45) is 0 Å². The maximum Gasteiger partial charge on any atom is 0.245 e. The smallest absolute Gasteiger partial charge is 0.245 e. The molecule has 0 saturated heterocycles. The fourth-order valence-electron chi connectivity index (χ4n) is 2.21. The van der Waals surface area contributed by atoms with Crippen LogP contribution in [0.5, 0.6) is 5.75 Å². The third kappa shape index (κ3) is 2.97. The maximum atomic E-state index is 11.8. The number of amides is 1. The van der Waals surface area contributed by atoms with Gasteiger partial charge in [0.05, 0.1) is 19.9 Å². The van der Waals surface area contributed by atoms with E-state index in [9.17, 15) is 4.79 Å². The first-order chi connectivity index (χ1) is 10.2. The molecule has 6 nitrogen and oxygen atoms in total. The van der Waals surface area contributed by atoms with Gasteiger partial charge in [0.15, 0.2) is 11.6 Å². The van der Waals surface area contributed by atoms with Gasteiger partial charge in [0, 0.05) is 6.54 Å². The van der Waals surface area contributed by atoms with E-state index in [1.165, 1.54) is 0 Å². The van der Waals surface area contributed by atoms with Crippen molar-refractivity contribution in [2.75, 3.05) is 23.9 Å². The Labute approximate surface area is 130 Å². The lowest BCUT2D eigenvalue weighted by atomic mass is 10.2. The zero-order valence-corrected chi connectivity index (χ0v) is 12.9. The molecule has 7 heteroatoms. The van der Waals surface area contributed by atoms with Crippen LogP contribution in [0.15, 0.2) is 35.1 Å². The molecular weight excluding hydrogens is 336 g/mol. The number of benzene rings is 1. The van der Waals surface area contributed by atoms with Crippen LogP contribution in [0.2, 0.25) is 0 Å². The third-order valence-electron chi connectivity index (χ3n) is 3.12. The number of hydrogen-bond donors (Lipinski definition) is 1. The lowest BCUT2D eigenvalue weighted by Crippen LogP contribution is -2.38. The molecule has 2 heterocycles. The Morgan fingerprint density at radius 3 is 3.14 bits per heavy atom. The molecule has 1 aliphatic rings. The fraction of sp³-hybridized carbons (Fsp3) is 0.214. The van der Waals surface area contributed by atoms with Gasteiger partial charge >= 0.3 is 0 Å². The van der Waals surface area contributed by atoms with Crippen LogP contribution in [0.25, 0.3) is 0 Å². The van der Waals surface area contributed by atoms with Crippen molar-refractivity contribution in [3.63, 3.8) is 0 Å². The molecule has 0 bridgehead atoms. The van der Waals surface area contributed by atoms with Crippen LogP contribution in [0.1, 0.15) is 5.56 Å². The molecule has 0 spiro atoms. The van der Waals surface area contributed by atoms with Gasteiger partial charge in [-0.25, -0.2) is 9.97 Å². The number of carbonyl (C=O) groups is 1. The Kier molecular flexibility index (Phi) is 3.74. The summed E-state index contributed by atoms with van der Waals surface area (Å²) < 4.78 is 5.85. The van der Waals surface area contributed by atoms with Gasteiger partial charge in [0.2, 0.25) is 5.91 Å². The number of aromatic nitrogens is 2. The quantitative estimate of drug-likeness (QED) is 0.920. The predicted octanol–water partition coefficient (Wildman–Crippen LogP) is 2.21. The van der Waals surface area contributed by atoms with Crippen molar-refractivity contribution < 1.29 is 9.53 Å². The molecule has 0 aliphatic carbocycles. The van der Waals surface area contributed by atoms with E-state index < -0.39 is 0 Å². The molecule has 0 radical (unpaired) electrons. The van der Waals surface area contributed by atoms with Crippen molar-refractivity contribution in [3.05, 3.63) is 40.6 Å². The average Bonchev–Trinajstić information content (AvgIpc) is 2.48. The highest BCUT2D eigenvalue weighted by molar-refractivity contribution is 9.10. The van der Waals surface area contributed by atoms with Crippen LogP contribution in [0, 0.1) is 0 Å². The van der Waals surface area contributed by atoms with Gasteiger partial charge in [-0.2, -0.15) is 0 Å². The van der Waals surface area contributed by atoms with E-state index in [1.807, 2.05) is 29.2 Å². The number of hydrogen-bond acceptors (Lipinski definition) is 5. The van der Waals surface area contributed by atoms with Gasteiger partial charge in [-0.3, -0.25) is 4.79 Å². The SMILES string of the molecule is COc1cccc(CN2CC(=O)Nc3ncc(Br)nc32)c1. The minimum absolute atomic E-state index is 0.0954. The van der Waals surface area contributed by atoms with E-state index in [1.54, 1.807) is 13.3 Å². The second-order valence-electron chi connectivity index (χ2n) is 4.62. The van der Waals surface area contributed by atoms with E-state index in [0.29, 0.717) is 22.8 Å². The Morgan fingerprint density at radius 1 is 1.48 bits per heavy atom. The summed E-state index contributed by atoms with van der Waals surface area (Å²) in [5, 5.41) is 2.73. The lowest BCUT2D eigenvalue weighted by Gasteiger charge is -2.29. The average molecular weight is 349 g/mol. The zero-order chi connectivity index (χ0) is 14.8. The van der Waals surface area contributed by atoms with Crippen LogP contribution >= 0.6 is 15.9 Å². The topological polar surface area (TPSA) is 67.3 Å². The summed E-state index contributed by atoms with van der Waals surface area (Å²) in [5.41, 5.74) is 1.04.